The molecule has 0 N–H and O–H groups in total. The second-order valence-electron chi connectivity index (χ2n) is 6.30. The molecule has 1 heterocycles. The fourth-order valence-corrected chi connectivity index (χ4v) is 4.36. The first-order valence-corrected chi connectivity index (χ1v) is 9.74. The summed E-state index contributed by atoms with van der Waals surface area (Å²) >= 11 is 1.50. The Balaban J connectivity index is 1.72. The minimum atomic E-state index is -0.147. The van der Waals surface area contributed by atoms with Crippen LogP contribution >= 0.6 is 11.3 Å². The molecular formula is C22H20N2O2S. The standard InChI is InChI=1S/C22H20N2O2S/c1-3-26-18-12-7-13-19-21(18)24(2)22(27-19)23-20(25)14-16-10-6-9-15-8-4-5-11-17(15)16/h4-13H,3,14H2,1-2H3. The first kappa shape index (κ1) is 17.5. The van der Waals surface area contributed by atoms with Gasteiger partial charge < -0.3 is 9.30 Å². The third-order valence-electron chi connectivity index (χ3n) is 4.53. The quantitative estimate of drug-likeness (QED) is 0.528. The van der Waals surface area contributed by atoms with Gasteiger partial charge in [-0.1, -0.05) is 59.9 Å². The van der Waals surface area contributed by atoms with E-state index in [1.165, 1.54) is 11.3 Å². The van der Waals surface area contributed by atoms with Gasteiger partial charge in [0.05, 0.1) is 17.7 Å². The molecule has 0 saturated carbocycles. The van der Waals surface area contributed by atoms with E-state index in [-0.39, 0.29) is 12.3 Å². The largest absolute Gasteiger partial charge is 0.492 e. The van der Waals surface area contributed by atoms with Crippen LogP contribution in [0.5, 0.6) is 5.75 Å². The van der Waals surface area contributed by atoms with Gasteiger partial charge in [0.1, 0.15) is 11.3 Å². The number of aryl methyl sites for hydroxylation is 1. The summed E-state index contributed by atoms with van der Waals surface area (Å²) in [4.78, 5) is 17.7. The van der Waals surface area contributed by atoms with Gasteiger partial charge >= 0.3 is 0 Å². The summed E-state index contributed by atoms with van der Waals surface area (Å²) in [5.74, 6) is 0.670. The van der Waals surface area contributed by atoms with Crippen molar-refractivity contribution in [1.29, 1.82) is 0 Å². The Morgan fingerprint density at radius 1 is 1.07 bits per heavy atom. The molecule has 5 heteroatoms. The highest BCUT2D eigenvalue weighted by Crippen LogP contribution is 2.27. The number of carbonyl (C=O) groups excluding carboxylic acids is 1. The molecule has 0 atom stereocenters. The van der Waals surface area contributed by atoms with E-state index in [0.717, 1.165) is 32.3 Å². The van der Waals surface area contributed by atoms with Gasteiger partial charge in [0, 0.05) is 7.05 Å². The minimum Gasteiger partial charge on any atom is -0.492 e. The summed E-state index contributed by atoms with van der Waals surface area (Å²) in [7, 11) is 1.92. The Kier molecular flexibility index (Phi) is 4.77. The lowest BCUT2D eigenvalue weighted by molar-refractivity contribution is -0.117. The lowest BCUT2D eigenvalue weighted by Gasteiger charge is -2.06. The van der Waals surface area contributed by atoms with Gasteiger partial charge in [-0.25, -0.2) is 0 Å². The van der Waals surface area contributed by atoms with Crippen LogP contribution < -0.4 is 9.54 Å². The van der Waals surface area contributed by atoms with Crippen molar-refractivity contribution in [1.82, 2.24) is 4.57 Å². The number of nitrogens with zero attached hydrogens (tertiary/aromatic N) is 2. The predicted molar refractivity (Wildman–Crippen MR) is 110 cm³/mol. The van der Waals surface area contributed by atoms with Crippen molar-refractivity contribution in [3.05, 3.63) is 71.0 Å². The van der Waals surface area contributed by atoms with Crippen molar-refractivity contribution >= 4 is 38.2 Å². The Hall–Kier alpha value is -2.92. The fraction of sp³-hybridized carbons (Fsp3) is 0.182. The molecule has 0 bridgehead atoms. The van der Waals surface area contributed by atoms with E-state index >= 15 is 0 Å². The molecule has 0 radical (unpaired) electrons. The highest BCUT2D eigenvalue weighted by atomic mass is 32.1. The SMILES string of the molecule is CCOc1cccc2sc(=NC(=O)Cc3cccc4ccccc34)n(C)c12. The summed E-state index contributed by atoms with van der Waals surface area (Å²) < 4.78 is 8.71. The molecule has 27 heavy (non-hydrogen) atoms. The molecular weight excluding hydrogens is 356 g/mol. The number of amides is 1. The monoisotopic (exact) mass is 376 g/mol. The molecule has 0 unspecified atom stereocenters. The summed E-state index contributed by atoms with van der Waals surface area (Å²) in [6, 6.07) is 20.1. The molecule has 4 aromatic rings. The first-order chi connectivity index (χ1) is 13.2. The summed E-state index contributed by atoms with van der Waals surface area (Å²) in [6.07, 6.45) is 0.286. The Labute approximate surface area is 161 Å². The van der Waals surface area contributed by atoms with Crippen LogP contribution in [0.4, 0.5) is 0 Å². The Morgan fingerprint density at radius 3 is 2.70 bits per heavy atom. The zero-order valence-electron chi connectivity index (χ0n) is 15.3. The van der Waals surface area contributed by atoms with E-state index in [1.54, 1.807) is 0 Å². The number of fused-ring (bicyclic) bond motifs is 2. The average molecular weight is 376 g/mol. The normalized spacial score (nSPS) is 12.0. The van der Waals surface area contributed by atoms with Crippen LogP contribution in [0.15, 0.2) is 65.7 Å². The maximum absolute atomic E-state index is 12.7. The van der Waals surface area contributed by atoms with Crippen LogP contribution in [-0.2, 0) is 18.3 Å². The molecule has 0 spiro atoms. The van der Waals surface area contributed by atoms with E-state index in [9.17, 15) is 4.79 Å². The number of hydrogen-bond donors (Lipinski definition) is 0. The van der Waals surface area contributed by atoms with E-state index in [1.807, 2.05) is 67.1 Å². The maximum Gasteiger partial charge on any atom is 0.252 e. The highest BCUT2D eigenvalue weighted by molar-refractivity contribution is 7.16. The first-order valence-electron chi connectivity index (χ1n) is 8.93. The predicted octanol–water partition coefficient (Wildman–Crippen LogP) is 4.46. The van der Waals surface area contributed by atoms with Crippen molar-refractivity contribution < 1.29 is 9.53 Å². The van der Waals surface area contributed by atoms with Crippen molar-refractivity contribution in [3.8, 4) is 5.75 Å². The number of ether oxygens (including phenoxy) is 1. The molecule has 0 aliphatic carbocycles. The molecule has 0 aliphatic heterocycles. The van der Waals surface area contributed by atoms with Crippen LogP contribution in [0.2, 0.25) is 0 Å². The van der Waals surface area contributed by atoms with Crippen LogP contribution in [0.3, 0.4) is 0 Å². The van der Waals surface area contributed by atoms with Gasteiger partial charge in [-0.2, -0.15) is 4.99 Å². The van der Waals surface area contributed by atoms with Crippen molar-refractivity contribution in [2.75, 3.05) is 6.61 Å². The number of para-hydroxylation sites is 1. The van der Waals surface area contributed by atoms with Crippen molar-refractivity contribution in [2.24, 2.45) is 12.0 Å². The maximum atomic E-state index is 12.7. The van der Waals surface area contributed by atoms with Gasteiger partial charge in [-0.3, -0.25) is 4.79 Å². The molecule has 3 aromatic carbocycles. The molecule has 136 valence electrons. The van der Waals surface area contributed by atoms with Crippen LogP contribution in [0.25, 0.3) is 21.0 Å². The molecule has 0 fully saturated rings. The van der Waals surface area contributed by atoms with E-state index in [4.69, 9.17) is 4.74 Å². The van der Waals surface area contributed by atoms with Gasteiger partial charge in [0.2, 0.25) is 0 Å². The van der Waals surface area contributed by atoms with Gasteiger partial charge in [0.25, 0.3) is 5.91 Å². The third-order valence-corrected chi connectivity index (χ3v) is 5.62. The molecule has 0 saturated heterocycles. The third kappa shape index (κ3) is 3.38. The molecule has 4 rings (SSSR count). The Bertz CT molecular complexity index is 1200. The summed E-state index contributed by atoms with van der Waals surface area (Å²) in [5.41, 5.74) is 1.97. The van der Waals surface area contributed by atoms with E-state index in [0.29, 0.717) is 11.4 Å². The van der Waals surface area contributed by atoms with Crippen molar-refractivity contribution in [3.63, 3.8) is 0 Å². The zero-order valence-corrected chi connectivity index (χ0v) is 16.1. The van der Waals surface area contributed by atoms with Crippen LogP contribution in [0, 0.1) is 0 Å². The fourth-order valence-electron chi connectivity index (χ4n) is 3.30. The lowest BCUT2D eigenvalue weighted by Crippen LogP contribution is -2.14. The Morgan fingerprint density at radius 2 is 1.85 bits per heavy atom. The van der Waals surface area contributed by atoms with Gasteiger partial charge in [0.15, 0.2) is 4.80 Å². The number of thiazole rings is 1. The number of hydrogen-bond acceptors (Lipinski definition) is 3. The summed E-state index contributed by atoms with van der Waals surface area (Å²) in [6.45, 7) is 2.56. The number of benzene rings is 3. The average Bonchev–Trinajstić information content (AvgIpc) is 2.99. The van der Waals surface area contributed by atoms with Crippen LogP contribution in [-0.4, -0.2) is 17.1 Å². The summed E-state index contributed by atoms with van der Waals surface area (Å²) in [5, 5.41) is 2.24. The molecule has 1 amide bonds. The number of aromatic nitrogens is 1. The number of rotatable bonds is 4. The van der Waals surface area contributed by atoms with Crippen molar-refractivity contribution in [2.45, 2.75) is 13.3 Å². The number of carbonyl (C=O) groups is 1. The second kappa shape index (κ2) is 7.37. The minimum absolute atomic E-state index is 0.147. The zero-order chi connectivity index (χ0) is 18.8. The smallest absolute Gasteiger partial charge is 0.252 e. The molecule has 0 aliphatic rings. The topological polar surface area (TPSA) is 43.6 Å². The highest BCUT2D eigenvalue weighted by Gasteiger charge is 2.11. The van der Waals surface area contributed by atoms with Gasteiger partial charge in [-0.05, 0) is 35.4 Å². The lowest BCUT2D eigenvalue weighted by atomic mass is 10.0. The second-order valence-corrected chi connectivity index (χ2v) is 7.31. The molecule has 4 nitrogen and oxygen atoms in total. The molecule has 1 aromatic heterocycles. The van der Waals surface area contributed by atoms with Gasteiger partial charge in [-0.15, -0.1) is 0 Å². The van der Waals surface area contributed by atoms with Crippen LogP contribution in [0.1, 0.15) is 12.5 Å². The van der Waals surface area contributed by atoms with E-state index < -0.39 is 0 Å². The van der Waals surface area contributed by atoms with E-state index in [2.05, 4.69) is 17.1 Å².